The van der Waals surface area contributed by atoms with Crippen LogP contribution in [0.4, 0.5) is 19.4 Å². The number of rotatable bonds is 2. The van der Waals surface area contributed by atoms with Crippen molar-refractivity contribution < 1.29 is 18.3 Å². The number of ether oxygens (including phenoxy) is 1. The number of alkyl halides is 2. The zero-order chi connectivity index (χ0) is 23.3. The van der Waals surface area contributed by atoms with E-state index in [-0.39, 0.29) is 18.7 Å². The number of halogens is 2. The minimum atomic E-state index is -3.03. The predicted octanol–water partition coefficient (Wildman–Crippen LogP) is 2.03. The SMILES string of the molecule is Cn1c(=O)[nH]c2ccnc(N3CCN(C4CCN(C(=O)OC(C)(C)C)CC4(F)F)CC3)c21. The molecule has 1 amide bonds. The van der Waals surface area contributed by atoms with Crippen LogP contribution in [-0.2, 0) is 11.8 Å². The van der Waals surface area contributed by atoms with Crippen LogP contribution in [0, 0.1) is 0 Å². The minimum Gasteiger partial charge on any atom is -0.444 e. The van der Waals surface area contributed by atoms with E-state index >= 15 is 8.78 Å². The van der Waals surface area contributed by atoms with Crippen molar-refractivity contribution in [3.05, 3.63) is 22.7 Å². The van der Waals surface area contributed by atoms with Gasteiger partial charge in [-0.15, -0.1) is 0 Å². The second-order valence-electron chi connectivity index (χ2n) is 9.51. The average Bonchev–Trinajstić information content (AvgIpc) is 3.00. The molecular formula is C21H30F2N6O3. The molecule has 0 bridgehead atoms. The van der Waals surface area contributed by atoms with Crippen molar-refractivity contribution in [2.24, 2.45) is 7.05 Å². The van der Waals surface area contributed by atoms with Crippen LogP contribution < -0.4 is 10.6 Å². The number of piperidine rings is 1. The number of amides is 1. The normalized spacial score (nSPS) is 22.4. The van der Waals surface area contributed by atoms with Gasteiger partial charge in [-0.25, -0.2) is 23.4 Å². The number of imidazole rings is 1. The molecule has 0 aromatic carbocycles. The maximum atomic E-state index is 15.0. The van der Waals surface area contributed by atoms with Gasteiger partial charge in [0.2, 0.25) is 0 Å². The molecule has 9 nitrogen and oxygen atoms in total. The molecule has 2 aliphatic heterocycles. The van der Waals surface area contributed by atoms with Gasteiger partial charge < -0.3 is 19.5 Å². The number of H-pyrrole nitrogens is 1. The lowest BCUT2D eigenvalue weighted by molar-refractivity contribution is -0.126. The van der Waals surface area contributed by atoms with Gasteiger partial charge in [-0.05, 0) is 33.3 Å². The van der Waals surface area contributed by atoms with E-state index in [0.717, 1.165) is 4.90 Å². The highest BCUT2D eigenvalue weighted by atomic mass is 19.3. The van der Waals surface area contributed by atoms with Gasteiger partial charge in [0.15, 0.2) is 5.82 Å². The van der Waals surface area contributed by atoms with Gasteiger partial charge in [0.1, 0.15) is 11.1 Å². The van der Waals surface area contributed by atoms with Crippen molar-refractivity contribution in [1.29, 1.82) is 0 Å². The summed E-state index contributed by atoms with van der Waals surface area (Å²) in [4.78, 5) is 36.4. The molecule has 11 heteroatoms. The van der Waals surface area contributed by atoms with Crippen molar-refractivity contribution in [1.82, 2.24) is 24.3 Å². The molecule has 0 spiro atoms. The number of nitrogens with one attached hydrogen (secondary N) is 1. The van der Waals surface area contributed by atoms with E-state index in [1.54, 1.807) is 45.0 Å². The number of likely N-dealkylation sites (tertiary alicyclic amines) is 1. The summed E-state index contributed by atoms with van der Waals surface area (Å²) in [6, 6.07) is 0.818. The summed E-state index contributed by atoms with van der Waals surface area (Å²) in [6.45, 7) is 6.69. The van der Waals surface area contributed by atoms with Gasteiger partial charge in [0, 0.05) is 46.0 Å². The fourth-order valence-corrected chi connectivity index (χ4v) is 4.51. The molecule has 1 N–H and O–H groups in total. The fourth-order valence-electron chi connectivity index (χ4n) is 4.51. The van der Waals surface area contributed by atoms with Gasteiger partial charge in [-0.1, -0.05) is 0 Å². The lowest BCUT2D eigenvalue weighted by atomic mass is 9.98. The smallest absolute Gasteiger partial charge is 0.410 e. The number of aromatic nitrogens is 3. The number of nitrogens with zero attached hydrogens (tertiary/aromatic N) is 5. The van der Waals surface area contributed by atoms with E-state index in [1.807, 2.05) is 4.90 Å². The topological polar surface area (TPSA) is 86.7 Å². The van der Waals surface area contributed by atoms with Crippen LogP contribution >= 0.6 is 0 Å². The molecular weight excluding hydrogens is 422 g/mol. The van der Waals surface area contributed by atoms with Crippen LogP contribution in [0.1, 0.15) is 27.2 Å². The van der Waals surface area contributed by atoms with Crippen molar-refractivity contribution in [3.8, 4) is 0 Å². The molecule has 2 aromatic rings. The number of pyridine rings is 1. The first-order chi connectivity index (χ1) is 15.0. The Hall–Kier alpha value is -2.69. The van der Waals surface area contributed by atoms with Gasteiger partial charge in [0.25, 0.3) is 5.92 Å². The summed E-state index contributed by atoms with van der Waals surface area (Å²) >= 11 is 0. The minimum absolute atomic E-state index is 0.187. The van der Waals surface area contributed by atoms with E-state index in [1.165, 1.54) is 4.57 Å². The third-order valence-corrected chi connectivity index (χ3v) is 6.05. The van der Waals surface area contributed by atoms with Crippen molar-refractivity contribution >= 4 is 22.9 Å². The summed E-state index contributed by atoms with van der Waals surface area (Å²) in [7, 11) is 1.68. The second kappa shape index (κ2) is 8.02. The number of hydrogen-bond donors (Lipinski definition) is 1. The molecule has 2 aliphatic rings. The van der Waals surface area contributed by atoms with Gasteiger partial charge in [-0.2, -0.15) is 0 Å². The Kier molecular flexibility index (Phi) is 5.64. The van der Waals surface area contributed by atoms with E-state index in [2.05, 4.69) is 9.97 Å². The summed E-state index contributed by atoms with van der Waals surface area (Å²) < 4.78 is 36.8. The third kappa shape index (κ3) is 4.30. The van der Waals surface area contributed by atoms with Crippen LogP contribution in [0.5, 0.6) is 0 Å². The number of fused-ring (bicyclic) bond motifs is 1. The number of carbonyl (C=O) groups excluding carboxylic acids is 1. The number of carbonyl (C=O) groups is 1. The van der Waals surface area contributed by atoms with Gasteiger partial charge >= 0.3 is 11.8 Å². The Morgan fingerprint density at radius 1 is 1.22 bits per heavy atom. The lowest BCUT2D eigenvalue weighted by Crippen LogP contribution is -2.62. The van der Waals surface area contributed by atoms with Gasteiger partial charge in [0.05, 0.1) is 18.1 Å². The zero-order valence-corrected chi connectivity index (χ0v) is 18.9. The maximum absolute atomic E-state index is 15.0. The molecule has 4 heterocycles. The molecule has 1 unspecified atom stereocenters. The zero-order valence-electron chi connectivity index (χ0n) is 18.9. The number of hydrogen-bond acceptors (Lipinski definition) is 6. The summed E-state index contributed by atoms with van der Waals surface area (Å²) in [5.41, 5.74) is 0.469. The predicted molar refractivity (Wildman–Crippen MR) is 116 cm³/mol. The van der Waals surface area contributed by atoms with Crippen LogP contribution in [0.3, 0.4) is 0 Å². The quantitative estimate of drug-likeness (QED) is 0.751. The summed E-state index contributed by atoms with van der Waals surface area (Å²) in [6.07, 6.45) is 1.13. The van der Waals surface area contributed by atoms with Crippen LogP contribution in [0.2, 0.25) is 0 Å². The standard InChI is InChI=1S/C21H30F2N6O3/c1-20(2,3)32-19(31)29-8-6-15(21(22,23)13-29)27-9-11-28(12-10-27)17-16-14(5-7-24-17)25-18(30)26(16)4/h5,7,15H,6,8-13H2,1-4H3,(H,25,30). The van der Waals surface area contributed by atoms with E-state index in [0.29, 0.717) is 43.0 Å². The van der Waals surface area contributed by atoms with Crippen LogP contribution in [-0.4, -0.2) is 87.3 Å². The van der Waals surface area contributed by atoms with Crippen molar-refractivity contribution in [2.45, 2.75) is 44.8 Å². The van der Waals surface area contributed by atoms with Crippen LogP contribution in [0.15, 0.2) is 17.1 Å². The van der Waals surface area contributed by atoms with E-state index < -0.39 is 30.2 Å². The Balaban J connectivity index is 1.42. The number of anilines is 1. The highest BCUT2D eigenvalue weighted by Gasteiger charge is 2.49. The monoisotopic (exact) mass is 452 g/mol. The van der Waals surface area contributed by atoms with E-state index in [9.17, 15) is 9.59 Å². The Bertz CT molecular complexity index is 1050. The molecule has 0 radical (unpaired) electrons. The Labute approximate surface area is 184 Å². The largest absolute Gasteiger partial charge is 0.444 e. The Morgan fingerprint density at radius 3 is 2.53 bits per heavy atom. The molecule has 2 aromatic heterocycles. The highest BCUT2D eigenvalue weighted by Crippen LogP contribution is 2.33. The second-order valence-corrected chi connectivity index (χ2v) is 9.51. The molecule has 2 saturated heterocycles. The first-order valence-corrected chi connectivity index (χ1v) is 10.8. The Morgan fingerprint density at radius 2 is 1.91 bits per heavy atom. The van der Waals surface area contributed by atoms with E-state index in [4.69, 9.17) is 4.74 Å². The maximum Gasteiger partial charge on any atom is 0.410 e. The number of aryl methyl sites for hydroxylation is 1. The molecule has 0 aliphatic carbocycles. The fraction of sp³-hybridized carbons (Fsp3) is 0.667. The average molecular weight is 453 g/mol. The summed E-state index contributed by atoms with van der Waals surface area (Å²) in [5, 5.41) is 0. The summed E-state index contributed by atoms with van der Waals surface area (Å²) in [5.74, 6) is -2.35. The van der Waals surface area contributed by atoms with Crippen molar-refractivity contribution in [2.75, 3.05) is 44.2 Å². The highest BCUT2D eigenvalue weighted by molar-refractivity contribution is 5.86. The molecule has 4 rings (SSSR count). The van der Waals surface area contributed by atoms with Crippen LogP contribution in [0.25, 0.3) is 11.0 Å². The first kappa shape index (κ1) is 22.5. The number of aromatic amines is 1. The molecule has 176 valence electrons. The van der Waals surface area contributed by atoms with Gasteiger partial charge in [-0.3, -0.25) is 9.47 Å². The lowest BCUT2D eigenvalue weighted by Gasteiger charge is -2.46. The molecule has 32 heavy (non-hydrogen) atoms. The van der Waals surface area contributed by atoms with Crippen molar-refractivity contribution in [3.63, 3.8) is 0 Å². The molecule has 1 atom stereocenters. The molecule has 2 fully saturated rings. The molecule has 0 saturated carbocycles. The number of piperazine rings is 1. The first-order valence-electron chi connectivity index (χ1n) is 10.8. The third-order valence-electron chi connectivity index (χ3n) is 6.05.